The van der Waals surface area contributed by atoms with Crippen LogP contribution in [0.5, 0.6) is 0 Å². The molecule has 17 heavy (non-hydrogen) atoms. The number of benzene rings is 1. The van der Waals surface area contributed by atoms with E-state index in [4.69, 9.17) is 5.73 Å². The molecule has 0 aliphatic rings. The number of aromatic amines is 1. The highest BCUT2D eigenvalue weighted by Gasteiger charge is 2.16. The first kappa shape index (κ1) is 11.3. The largest absolute Gasteiger partial charge is 0.326 e. The van der Waals surface area contributed by atoms with Gasteiger partial charge in [-0.25, -0.2) is 0 Å². The number of rotatable bonds is 3. The molecule has 0 fully saturated rings. The highest BCUT2D eigenvalue weighted by atomic mass is 16.2. The van der Waals surface area contributed by atoms with Crippen LogP contribution in [-0.4, -0.2) is 23.2 Å². The van der Waals surface area contributed by atoms with Crippen molar-refractivity contribution in [1.29, 1.82) is 0 Å². The van der Waals surface area contributed by atoms with E-state index < -0.39 is 0 Å². The predicted octanol–water partition coefficient (Wildman–Crippen LogP) is 1.14. The summed E-state index contributed by atoms with van der Waals surface area (Å²) in [6.07, 6.45) is 3.08. The molecule has 0 spiro atoms. The summed E-state index contributed by atoms with van der Waals surface area (Å²) in [6, 6.07) is 7.57. The fourth-order valence-electron chi connectivity index (χ4n) is 1.68. The van der Waals surface area contributed by atoms with Gasteiger partial charge in [0.1, 0.15) is 0 Å². The molecule has 1 amide bonds. The van der Waals surface area contributed by atoms with Gasteiger partial charge in [-0.15, -0.1) is 0 Å². The van der Waals surface area contributed by atoms with Crippen molar-refractivity contribution in [2.75, 3.05) is 11.9 Å². The number of para-hydroxylation sites is 1. The first-order chi connectivity index (χ1) is 8.24. The Kier molecular flexibility index (Phi) is 3.20. The summed E-state index contributed by atoms with van der Waals surface area (Å²) in [5, 5.41) is 6.39. The Morgan fingerprint density at radius 3 is 2.88 bits per heavy atom. The van der Waals surface area contributed by atoms with Gasteiger partial charge in [-0.1, -0.05) is 18.2 Å². The van der Waals surface area contributed by atoms with E-state index in [2.05, 4.69) is 10.2 Å². The molecule has 1 aromatic heterocycles. The number of hydrogen-bond donors (Lipinski definition) is 2. The van der Waals surface area contributed by atoms with Crippen LogP contribution in [0.2, 0.25) is 0 Å². The number of H-pyrrole nitrogens is 1. The van der Waals surface area contributed by atoms with Crippen molar-refractivity contribution < 1.29 is 4.79 Å². The van der Waals surface area contributed by atoms with E-state index >= 15 is 0 Å². The van der Waals surface area contributed by atoms with E-state index in [1.54, 1.807) is 18.1 Å². The van der Waals surface area contributed by atoms with Crippen LogP contribution in [0.25, 0.3) is 0 Å². The Morgan fingerprint density at radius 2 is 2.24 bits per heavy atom. The SMILES string of the molecule is CN(C(=O)c1cn[nH]c1)c1ccccc1CN. The van der Waals surface area contributed by atoms with Crippen LogP contribution in [0.1, 0.15) is 15.9 Å². The number of nitrogens with zero attached hydrogens (tertiary/aromatic N) is 2. The van der Waals surface area contributed by atoms with Gasteiger partial charge in [0.05, 0.1) is 11.8 Å². The summed E-state index contributed by atoms with van der Waals surface area (Å²) in [7, 11) is 1.73. The topological polar surface area (TPSA) is 75.0 Å². The van der Waals surface area contributed by atoms with Gasteiger partial charge in [-0.2, -0.15) is 5.10 Å². The van der Waals surface area contributed by atoms with Crippen LogP contribution in [0.3, 0.4) is 0 Å². The maximum Gasteiger partial charge on any atom is 0.261 e. The molecule has 0 atom stereocenters. The molecule has 0 saturated carbocycles. The lowest BCUT2D eigenvalue weighted by Gasteiger charge is -2.19. The van der Waals surface area contributed by atoms with Gasteiger partial charge in [0.15, 0.2) is 0 Å². The van der Waals surface area contributed by atoms with E-state index in [1.165, 1.54) is 6.20 Å². The highest BCUT2D eigenvalue weighted by molar-refractivity contribution is 6.05. The molecule has 0 bridgehead atoms. The van der Waals surface area contributed by atoms with Crippen LogP contribution in [-0.2, 0) is 6.54 Å². The summed E-state index contributed by atoms with van der Waals surface area (Å²) in [4.78, 5) is 13.7. The average molecular weight is 230 g/mol. The van der Waals surface area contributed by atoms with E-state index in [9.17, 15) is 4.79 Å². The summed E-state index contributed by atoms with van der Waals surface area (Å²) >= 11 is 0. The molecule has 5 nitrogen and oxygen atoms in total. The first-order valence-electron chi connectivity index (χ1n) is 5.29. The van der Waals surface area contributed by atoms with Crippen LogP contribution < -0.4 is 10.6 Å². The molecule has 1 heterocycles. The number of hydrogen-bond acceptors (Lipinski definition) is 3. The molecular formula is C12H14N4O. The van der Waals surface area contributed by atoms with Gasteiger partial charge in [0.2, 0.25) is 0 Å². The number of anilines is 1. The Labute approximate surface area is 99.2 Å². The predicted molar refractivity (Wildman–Crippen MR) is 65.7 cm³/mol. The van der Waals surface area contributed by atoms with Crippen molar-refractivity contribution in [1.82, 2.24) is 10.2 Å². The second-order valence-corrected chi connectivity index (χ2v) is 3.68. The molecule has 0 aliphatic carbocycles. The third kappa shape index (κ3) is 2.19. The van der Waals surface area contributed by atoms with Crippen LogP contribution in [0, 0.1) is 0 Å². The molecule has 0 unspecified atom stereocenters. The Bertz CT molecular complexity index is 507. The molecule has 5 heteroatoms. The first-order valence-corrected chi connectivity index (χ1v) is 5.29. The van der Waals surface area contributed by atoms with Crippen molar-refractivity contribution in [3.05, 3.63) is 47.8 Å². The van der Waals surface area contributed by atoms with Crippen LogP contribution in [0.4, 0.5) is 5.69 Å². The zero-order valence-electron chi connectivity index (χ0n) is 9.55. The Morgan fingerprint density at radius 1 is 1.47 bits per heavy atom. The molecule has 0 radical (unpaired) electrons. The van der Waals surface area contributed by atoms with Crippen molar-refractivity contribution in [2.45, 2.75) is 6.54 Å². The van der Waals surface area contributed by atoms with Gasteiger partial charge in [-0.3, -0.25) is 9.89 Å². The summed E-state index contributed by atoms with van der Waals surface area (Å²) in [6.45, 7) is 0.402. The smallest absolute Gasteiger partial charge is 0.261 e. The molecule has 1 aromatic carbocycles. The van der Waals surface area contributed by atoms with Gasteiger partial charge in [-0.05, 0) is 11.6 Å². The molecule has 88 valence electrons. The number of amides is 1. The fourth-order valence-corrected chi connectivity index (χ4v) is 1.68. The zero-order chi connectivity index (χ0) is 12.3. The minimum absolute atomic E-state index is 0.111. The molecule has 2 aromatic rings. The Hall–Kier alpha value is -2.14. The Balaban J connectivity index is 2.31. The standard InChI is InChI=1S/C12H14N4O/c1-16(12(17)10-7-14-15-8-10)11-5-3-2-4-9(11)6-13/h2-5,7-8H,6,13H2,1H3,(H,14,15). The van der Waals surface area contributed by atoms with Crippen molar-refractivity contribution in [3.63, 3.8) is 0 Å². The van der Waals surface area contributed by atoms with Crippen molar-refractivity contribution in [3.8, 4) is 0 Å². The minimum atomic E-state index is -0.111. The van der Waals surface area contributed by atoms with E-state index in [-0.39, 0.29) is 5.91 Å². The molecule has 0 aliphatic heterocycles. The summed E-state index contributed by atoms with van der Waals surface area (Å²) in [5.74, 6) is -0.111. The summed E-state index contributed by atoms with van der Waals surface area (Å²) in [5.41, 5.74) is 7.94. The average Bonchev–Trinajstić information content (AvgIpc) is 2.90. The van der Waals surface area contributed by atoms with E-state index in [1.807, 2.05) is 24.3 Å². The quantitative estimate of drug-likeness (QED) is 0.830. The van der Waals surface area contributed by atoms with Crippen molar-refractivity contribution >= 4 is 11.6 Å². The lowest BCUT2D eigenvalue weighted by Crippen LogP contribution is -2.27. The minimum Gasteiger partial charge on any atom is -0.326 e. The monoisotopic (exact) mass is 230 g/mol. The van der Waals surface area contributed by atoms with Crippen molar-refractivity contribution in [2.24, 2.45) is 5.73 Å². The van der Waals surface area contributed by atoms with E-state index in [0.717, 1.165) is 11.3 Å². The second kappa shape index (κ2) is 4.80. The number of aromatic nitrogens is 2. The normalized spacial score (nSPS) is 10.2. The van der Waals surface area contributed by atoms with Gasteiger partial charge in [0, 0.05) is 25.5 Å². The number of nitrogens with two attached hydrogens (primary N) is 1. The van der Waals surface area contributed by atoms with Gasteiger partial charge in [0.25, 0.3) is 5.91 Å². The van der Waals surface area contributed by atoms with Crippen LogP contribution in [0.15, 0.2) is 36.7 Å². The lowest BCUT2D eigenvalue weighted by molar-refractivity contribution is 0.0993. The number of carbonyl (C=O) groups excluding carboxylic acids is 1. The molecular weight excluding hydrogens is 216 g/mol. The van der Waals surface area contributed by atoms with E-state index in [0.29, 0.717) is 12.1 Å². The second-order valence-electron chi connectivity index (χ2n) is 3.68. The zero-order valence-corrected chi connectivity index (χ0v) is 9.55. The maximum absolute atomic E-state index is 12.1. The molecule has 2 rings (SSSR count). The molecule has 3 N–H and O–H groups in total. The highest BCUT2D eigenvalue weighted by Crippen LogP contribution is 2.20. The fraction of sp³-hybridized carbons (Fsp3) is 0.167. The van der Waals surface area contributed by atoms with Crippen LogP contribution >= 0.6 is 0 Å². The third-order valence-corrected chi connectivity index (χ3v) is 2.62. The van der Waals surface area contributed by atoms with Gasteiger partial charge >= 0.3 is 0 Å². The third-order valence-electron chi connectivity index (χ3n) is 2.62. The van der Waals surface area contributed by atoms with Gasteiger partial charge < -0.3 is 10.6 Å². The lowest BCUT2D eigenvalue weighted by atomic mass is 10.1. The molecule has 0 saturated heterocycles. The number of carbonyl (C=O) groups is 1. The maximum atomic E-state index is 12.1. The number of nitrogens with one attached hydrogen (secondary N) is 1. The summed E-state index contributed by atoms with van der Waals surface area (Å²) < 4.78 is 0.